The van der Waals surface area contributed by atoms with Crippen molar-refractivity contribution in [2.24, 2.45) is 0 Å². The van der Waals surface area contributed by atoms with Gasteiger partial charge in [-0.15, -0.1) is 0 Å². The number of carbonyl (C=O) groups excluding carboxylic acids is 1. The van der Waals surface area contributed by atoms with Crippen LogP contribution in [0.1, 0.15) is 284 Å². The van der Waals surface area contributed by atoms with E-state index in [1.807, 2.05) is 0 Å². The van der Waals surface area contributed by atoms with Crippen molar-refractivity contribution >= 4 is 5.91 Å². The minimum atomic E-state index is -1.55. The quantitative estimate of drug-likeness (QED) is 0.0331. The SMILES string of the molecule is CCCCCCCCCCCCCCCCCCCCCCCCCCCC(=O)N[C@@H](CO[C@@H]1O[C@H](CO)[C@@H](O)C(O)C1O)[C@H](O)CCCCCCCCCCCCCCCCC. The maximum Gasteiger partial charge on any atom is 0.220 e. The lowest BCUT2D eigenvalue weighted by Crippen LogP contribution is -2.60. The van der Waals surface area contributed by atoms with Gasteiger partial charge in [0.15, 0.2) is 6.29 Å². The van der Waals surface area contributed by atoms with Crippen LogP contribution in [0.5, 0.6) is 0 Å². The van der Waals surface area contributed by atoms with E-state index >= 15 is 0 Å². The predicted molar refractivity (Wildman–Crippen MR) is 263 cm³/mol. The number of hydrogen-bond donors (Lipinski definition) is 6. The number of hydrogen-bond acceptors (Lipinski definition) is 8. The van der Waals surface area contributed by atoms with Gasteiger partial charge in [0.25, 0.3) is 0 Å². The van der Waals surface area contributed by atoms with Crippen molar-refractivity contribution in [1.29, 1.82) is 0 Å². The fourth-order valence-corrected chi connectivity index (χ4v) is 9.28. The molecule has 9 heteroatoms. The van der Waals surface area contributed by atoms with Crippen LogP contribution in [0, 0.1) is 0 Å². The minimum Gasteiger partial charge on any atom is -0.394 e. The molecule has 0 saturated carbocycles. The Morgan fingerprint density at radius 3 is 1.13 bits per heavy atom. The molecule has 7 atom stereocenters. The first-order valence-electron chi connectivity index (χ1n) is 27.7. The fraction of sp³-hybridized carbons (Fsp3) is 0.981. The summed E-state index contributed by atoms with van der Waals surface area (Å²) in [5.41, 5.74) is 0. The second-order valence-electron chi connectivity index (χ2n) is 19.7. The Hall–Kier alpha value is -0.810. The van der Waals surface area contributed by atoms with Crippen LogP contribution in [-0.2, 0) is 14.3 Å². The van der Waals surface area contributed by atoms with E-state index < -0.39 is 49.5 Å². The Morgan fingerprint density at radius 2 is 0.794 bits per heavy atom. The average molecular weight is 898 g/mol. The highest BCUT2D eigenvalue weighted by Gasteiger charge is 2.44. The smallest absolute Gasteiger partial charge is 0.220 e. The summed E-state index contributed by atoms with van der Waals surface area (Å²) in [5, 5.41) is 54.6. The number of aliphatic hydroxyl groups is 5. The molecule has 1 fully saturated rings. The summed E-state index contributed by atoms with van der Waals surface area (Å²) in [6, 6.07) is -0.712. The van der Waals surface area contributed by atoms with Crippen LogP contribution in [0.3, 0.4) is 0 Å². The van der Waals surface area contributed by atoms with Gasteiger partial charge in [0.1, 0.15) is 24.4 Å². The number of aliphatic hydroxyl groups excluding tert-OH is 5. The van der Waals surface area contributed by atoms with Crippen LogP contribution in [0.2, 0.25) is 0 Å². The molecule has 0 radical (unpaired) electrons. The lowest BCUT2D eigenvalue weighted by atomic mass is 9.99. The van der Waals surface area contributed by atoms with Crippen LogP contribution in [0.15, 0.2) is 0 Å². The standard InChI is InChI=1S/C54H107NO8/c1-3-5-7-9-11-13-15-17-19-20-21-22-23-24-25-26-27-28-30-32-34-36-38-40-42-44-50(58)55-47(46-62-54-53(61)52(60)51(59)49(45-56)63-54)48(57)43-41-39-37-35-33-31-29-18-16-14-12-10-8-6-4-2/h47-49,51-54,56-57,59-61H,3-46H2,1-2H3,(H,55,58)/t47-,48+,49+,51+,52?,53?,54+/m0/s1. The van der Waals surface area contributed by atoms with E-state index in [1.165, 1.54) is 218 Å². The van der Waals surface area contributed by atoms with Crippen LogP contribution in [0.4, 0.5) is 0 Å². The number of amides is 1. The molecule has 0 aromatic carbocycles. The van der Waals surface area contributed by atoms with Gasteiger partial charge in [-0.25, -0.2) is 0 Å². The van der Waals surface area contributed by atoms with Gasteiger partial charge in [-0.1, -0.05) is 264 Å². The summed E-state index contributed by atoms with van der Waals surface area (Å²) in [7, 11) is 0. The van der Waals surface area contributed by atoms with Gasteiger partial charge in [0.05, 0.1) is 25.4 Å². The topological polar surface area (TPSA) is 149 Å². The summed E-state index contributed by atoms with van der Waals surface area (Å²) in [6.45, 7) is 3.87. The number of rotatable bonds is 48. The average Bonchev–Trinajstić information content (AvgIpc) is 3.28. The number of carbonyl (C=O) groups is 1. The first-order valence-corrected chi connectivity index (χ1v) is 27.7. The highest BCUT2D eigenvalue weighted by atomic mass is 16.7. The monoisotopic (exact) mass is 898 g/mol. The van der Waals surface area contributed by atoms with Gasteiger partial charge in [-0.3, -0.25) is 4.79 Å². The fourth-order valence-electron chi connectivity index (χ4n) is 9.28. The molecule has 1 aliphatic heterocycles. The molecule has 63 heavy (non-hydrogen) atoms. The molecule has 0 aliphatic carbocycles. The zero-order valence-corrected chi connectivity index (χ0v) is 41.6. The largest absolute Gasteiger partial charge is 0.394 e. The van der Waals surface area contributed by atoms with Gasteiger partial charge < -0.3 is 40.3 Å². The number of unbranched alkanes of at least 4 members (excludes halogenated alkanes) is 38. The maximum atomic E-state index is 13.0. The van der Waals surface area contributed by atoms with Gasteiger partial charge in [-0.2, -0.15) is 0 Å². The third-order valence-electron chi connectivity index (χ3n) is 13.7. The normalized spacial score (nSPS) is 20.0. The Labute approximate surface area is 389 Å². The molecular formula is C54H107NO8. The molecule has 2 unspecified atom stereocenters. The Morgan fingerprint density at radius 1 is 0.476 bits per heavy atom. The number of ether oxygens (including phenoxy) is 2. The zero-order chi connectivity index (χ0) is 45.9. The molecule has 1 saturated heterocycles. The zero-order valence-electron chi connectivity index (χ0n) is 41.6. The van der Waals surface area contributed by atoms with E-state index in [0.29, 0.717) is 12.8 Å². The Balaban J connectivity index is 2.18. The van der Waals surface area contributed by atoms with Crippen molar-refractivity contribution in [3.8, 4) is 0 Å². The van der Waals surface area contributed by atoms with Gasteiger partial charge >= 0.3 is 0 Å². The second kappa shape index (κ2) is 45.0. The molecule has 9 nitrogen and oxygen atoms in total. The second-order valence-corrected chi connectivity index (χ2v) is 19.7. The van der Waals surface area contributed by atoms with E-state index in [1.54, 1.807) is 0 Å². The molecule has 0 aromatic rings. The van der Waals surface area contributed by atoms with Crippen molar-refractivity contribution < 1.29 is 39.8 Å². The summed E-state index contributed by atoms with van der Waals surface area (Å²) in [4.78, 5) is 13.0. The van der Waals surface area contributed by atoms with E-state index in [-0.39, 0.29) is 12.5 Å². The van der Waals surface area contributed by atoms with Crippen LogP contribution < -0.4 is 5.32 Å². The maximum absolute atomic E-state index is 13.0. The first kappa shape index (κ1) is 60.2. The van der Waals surface area contributed by atoms with Crippen LogP contribution >= 0.6 is 0 Å². The van der Waals surface area contributed by atoms with Gasteiger partial charge in [0, 0.05) is 6.42 Å². The van der Waals surface area contributed by atoms with E-state index in [2.05, 4.69) is 19.2 Å². The lowest BCUT2D eigenvalue weighted by molar-refractivity contribution is -0.302. The van der Waals surface area contributed by atoms with Crippen molar-refractivity contribution in [3.05, 3.63) is 0 Å². The molecule has 376 valence electrons. The molecule has 0 aromatic heterocycles. The first-order chi connectivity index (χ1) is 30.8. The van der Waals surface area contributed by atoms with Gasteiger partial charge in [0.2, 0.25) is 5.91 Å². The van der Waals surface area contributed by atoms with Crippen LogP contribution in [-0.4, -0.2) is 87.5 Å². The minimum absolute atomic E-state index is 0.131. The summed E-state index contributed by atoms with van der Waals surface area (Å²) in [6.07, 6.45) is 45.6. The Kier molecular flexibility index (Phi) is 43.0. The van der Waals surface area contributed by atoms with Crippen molar-refractivity contribution in [3.63, 3.8) is 0 Å². The molecule has 1 heterocycles. The predicted octanol–water partition coefficient (Wildman–Crippen LogP) is 13.1. The summed E-state index contributed by atoms with van der Waals surface area (Å²) in [5.74, 6) is -0.137. The third-order valence-corrected chi connectivity index (χ3v) is 13.7. The van der Waals surface area contributed by atoms with E-state index in [4.69, 9.17) is 9.47 Å². The van der Waals surface area contributed by atoms with Crippen molar-refractivity contribution in [2.45, 2.75) is 326 Å². The number of nitrogens with one attached hydrogen (secondary N) is 1. The highest BCUT2D eigenvalue weighted by molar-refractivity contribution is 5.76. The molecule has 1 amide bonds. The Bertz CT molecular complexity index is 955. The molecule has 0 spiro atoms. The van der Waals surface area contributed by atoms with Gasteiger partial charge in [-0.05, 0) is 12.8 Å². The van der Waals surface area contributed by atoms with Crippen molar-refractivity contribution in [2.75, 3.05) is 13.2 Å². The summed E-state index contributed by atoms with van der Waals surface area (Å²) < 4.78 is 11.3. The van der Waals surface area contributed by atoms with E-state index in [0.717, 1.165) is 38.5 Å². The van der Waals surface area contributed by atoms with E-state index in [9.17, 15) is 30.3 Å². The molecule has 1 aliphatic rings. The molecule has 1 rings (SSSR count). The summed E-state index contributed by atoms with van der Waals surface area (Å²) >= 11 is 0. The lowest BCUT2D eigenvalue weighted by Gasteiger charge is -2.40. The molecular weight excluding hydrogens is 791 g/mol. The molecule has 6 N–H and O–H groups in total. The highest BCUT2D eigenvalue weighted by Crippen LogP contribution is 2.23. The molecule has 0 bridgehead atoms. The van der Waals surface area contributed by atoms with Crippen LogP contribution in [0.25, 0.3) is 0 Å². The van der Waals surface area contributed by atoms with Crippen molar-refractivity contribution in [1.82, 2.24) is 5.32 Å². The third kappa shape index (κ3) is 35.1.